The van der Waals surface area contributed by atoms with Gasteiger partial charge in [-0.3, -0.25) is 14.4 Å². The molecule has 1 aliphatic carbocycles. The van der Waals surface area contributed by atoms with Crippen molar-refractivity contribution in [2.75, 3.05) is 6.54 Å². The van der Waals surface area contributed by atoms with Gasteiger partial charge in [0, 0.05) is 19.0 Å². The van der Waals surface area contributed by atoms with Crippen molar-refractivity contribution in [1.29, 1.82) is 0 Å². The van der Waals surface area contributed by atoms with Gasteiger partial charge >= 0.3 is 5.97 Å². The van der Waals surface area contributed by atoms with Crippen LogP contribution in [0, 0.1) is 11.8 Å². The molecular formula is C16H26N2O4. The zero-order valence-corrected chi connectivity index (χ0v) is 13.4. The maximum absolute atomic E-state index is 12.6. The summed E-state index contributed by atoms with van der Waals surface area (Å²) >= 11 is 0. The van der Waals surface area contributed by atoms with Crippen LogP contribution >= 0.6 is 0 Å². The first-order valence-corrected chi connectivity index (χ1v) is 8.22. The molecule has 6 heteroatoms. The van der Waals surface area contributed by atoms with Crippen LogP contribution in [0.1, 0.15) is 52.4 Å². The van der Waals surface area contributed by atoms with Gasteiger partial charge in [0.25, 0.3) is 0 Å². The molecule has 0 spiro atoms. The number of carboxylic acid groups (broad SMARTS) is 1. The van der Waals surface area contributed by atoms with E-state index in [9.17, 15) is 14.4 Å². The number of hydrogen-bond donors (Lipinski definition) is 2. The number of rotatable bonds is 5. The zero-order valence-electron chi connectivity index (χ0n) is 13.4. The molecular weight excluding hydrogens is 284 g/mol. The minimum Gasteiger partial charge on any atom is -0.481 e. The van der Waals surface area contributed by atoms with Crippen molar-refractivity contribution in [3.05, 3.63) is 0 Å². The van der Waals surface area contributed by atoms with Crippen molar-refractivity contribution < 1.29 is 19.5 Å². The van der Waals surface area contributed by atoms with Crippen molar-refractivity contribution in [2.45, 2.75) is 64.5 Å². The quantitative estimate of drug-likeness (QED) is 0.803. The van der Waals surface area contributed by atoms with E-state index in [4.69, 9.17) is 5.11 Å². The van der Waals surface area contributed by atoms with Gasteiger partial charge in [0.15, 0.2) is 0 Å². The highest BCUT2D eigenvalue weighted by Crippen LogP contribution is 2.25. The molecule has 1 saturated carbocycles. The molecule has 1 atom stereocenters. The molecule has 124 valence electrons. The van der Waals surface area contributed by atoms with Crippen LogP contribution in [0.2, 0.25) is 0 Å². The molecule has 0 aromatic carbocycles. The second-order valence-corrected chi connectivity index (χ2v) is 6.77. The van der Waals surface area contributed by atoms with E-state index < -0.39 is 12.0 Å². The summed E-state index contributed by atoms with van der Waals surface area (Å²) in [6.07, 6.45) is 3.95. The second kappa shape index (κ2) is 7.11. The molecule has 2 rings (SSSR count). The number of carbonyl (C=O) groups is 3. The van der Waals surface area contributed by atoms with Gasteiger partial charge in [0.05, 0.1) is 5.92 Å². The summed E-state index contributed by atoms with van der Waals surface area (Å²) in [7, 11) is 0. The first kappa shape index (κ1) is 16.8. The molecule has 0 bridgehead atoms. The molecule has 6 nitrogen and oxygen atoms in total. The van der Waals surface area contributed by atoms with Gasteiger partial charge in [-0.15, -0.1) is 0 Å². The third-order valence-corrected chi connectivity index (χ3v) is 4.77. The molecule has 0 aromatic heterocycles. The Bertz CT molecular complexity index is 441. The number of likely N-dealkylation sites (tertiary alicyclic amines) is 1. The van der Waals surface area contributed by atoms with Crippen LogP contribution in [0.5, 0.6) is 0 Å². The third kappa shape index (κ3) is 3.78. The molecule has 2 aliphatic rings. The van der Waals surface area contributed by atoms with E-state index >= 15 is 0 Å². The summed E-state index contributed by atoms with van der Waals surface area (Å²) in [4.78, 5) is 37.2. The lowest BCUT2D eigenvalue weighted by molar-refractivity contribution is -0.143. The van der Waals surface area contributed by atoms with E-state index in [-0.39, 0.29) is 29.7 Å². The maximum atomic E-state index is 12.6. The van der Waals surface area contributed by atoms with Crippen LogP contribution in [0.3, 0.4) is 0 Å². The average Bonchev–Trinajstić information content (AvgIpc) is 2.85. The first-order valence-electron chi connectivity index (χ1n) is 8.22. The number of carboxylic acids is 1. The standard InChI is InChI=1S/C16H26N2O4/c1-10(2)14(18-9-3-4-13(18)19)15(20)17-12-7-5-11(6-8-12)16(21)22/h10-12,14H,3-9H2,1-2H3,(H,17,20)(H,21,22). The van der Waals surface area contributed by atoms with Crippen LogP contribution in [0.25, 0.3) is 0 Å². The average molecular weight is 310 g/mol. The highest BCUT2D eigenvalue weighted by atomic mass is 16.4. The van der Waals surface area contributed by atoms with Gasteiger partial charge in [0.1, 0.15) is 6.04 Å². The lowest BCUT2D eigenvalue weighted by Gasteiger charge is -2.33. The number of aliphatic carboxylic acids is 1. The smallest absolute Gasteiger partial charge is 0.306 e. The lowest BCUT2D eigenvalue weighted by Crippen LogP contribution is -2.53. The van der Waals surface area contributed by atoms with E-state index in [2.05, 4.69) is 5.32 Å². The third-order valence-electron chi connectivity index (χ3n) is 4.77. The SMILES string of the molecule is CC(C)C(C(=O)NC1CCC(C(=O)O)CC1)N1CCCC1=O. The van der Waals surface area contributed by atoms with Crippen molar-refractivity contribution >= 4 is 17.8 Å². The Labute approximate surface area is 131 Å². The molecule has 2 fully saturated rings. The van der Waals surface area contributed by atoms with Gasteiger partial charge < -0.3 is 15.3 Å². The predicted octanol–water partition coefficient (Wildman–Crippen LogP) is 1.39. The van der Waals surface area contributed by atoms with Crippen molar-refractivity contribution in [2.24, 2.45) is 11.8 Å². The van der Waals surface area contributed by atoms with E-state index in [0.29, 0.717) is 38.6 Å². The molecule has 0 radical (unpaired) electrons. The van der Waals surface area contributed by atoms with Crippen LogP contribution in [-0.2, 0) is 14.4 Å². The second-order valence-electron chi connectivity index (χ2n) is 6.77. The molecule has 0 aromatic rings. The summed E-state index contributed by atoms with van der Waals surface area (Å²) in [5, 5.41) is 12.0. The van der Waals surface area contributed by atoms with Crippen molar-refractivity contribution in [3.63, 3.8) is 0 Å². The Kier molecular flexibility index (Phi) is 5.42. The van der Waals surface area contributed by atoms with Gasteiger partial charge in [0.2, 0.25) is 11.8 Å². The minimum atomic E-state index is -0.743. The fourth-order valence-electron chi connectivity index (χ4n) is 3.54. The first-order chi connectivity index (χ1) is 10.4. The maximum Gasteiger partial charge on any atom is 0.306 e. The Balaban J connectivity index is 1.92. The largest absolute Gasteiger partial charge is 0.481 e. The summed E-state index contributed by atoms with van der Waals surface area (Å²) in [5.74, 6) is -0.994. The highest BCUT2D eigenvalue weighted by Gasteiger charge is 2.36. The number of nitrogens with zero attached hydrogens (tertiary/aromatic N) is 1. The van der Waals surface area contributed by atoms with E-state index in [1.165, 1.54) is 0 Å². The zero-order chi connectivity index (χ0) is 16.3. The molecule has 2 N–H and O–H groups in total. The fraction of sp³-hybridized carbons (Fsp3) is 0.812. The number of carbonyl (C=O) groups excluding carboxylic acids is 2. The summed E-state index contributed by atoms with van der Waals surface area (Å²) < 4.78 is 0. The van der Waals surface area contributed by atoms with Crippen LogP contribution in [0.4, 0.5) is 0 Å². The van der Waals surface area contributed by atoms with Crippen LogP contribution in [-0.4, -0.2) is 46.4 Å². The molecule has 1 unspecified atom stereocenters. The Morgan fingerprint density at radius 1 is 1.23 bits per heavy atom. The summed E-state index contributed by atoms with van der Waals surface area (Å²) in [6, 6.07) is -0.380. The number of nitrogens with one attached hydrogen (secondary N) is 1. The molecule has 1 saturated heterocycles. The summed E-state index contributed by atoms with van der Waals surface area (Å²) in [5.41, 5.74) is 0. The van der Waals surface area contributed by atoms with Gasteiger partial charge in [-0.05, 0) is 38.0 Å². The Morgan fingerprint density at radius 2 is 1.86 bits per heavy atom. The van der Waals surface area contributed by atoms with Gasteiger partial charge in [-0.1, -0.05) is 13.8 Å². The molecule has 1 aliphatic heterocycles. The topological polar surface area (TPSA) is 86.7 Å². The fourth-order valence-corrected chi connectivity index (χ4v) is 3.54. The number of hydrogen-bond acceptors (Lipinski definition) is 3. The van der Waals surface area contributed by atoms with E-state index in [0.717, 1.165) is 6.42 Å². The van der Waals surface area contributed by atoms with Crippen LogP contribution < -0.4 is 5.32 Å². The Morgan fingerprint density at radius 3 is 2.32 bits per heavy atom. The van der Waals surface area contributed by atoms with E-state index in [1.54, 1.807) is 4.90 Å². The van der Waals surface area contributed by atoms with Crippen molar-refractivity contribution in [1.82, 2.24) is 10.2 Å². The Hall–Kier alpha value is -1.59. The van der Waals surface area contributed by atoms with Gasteiger partial charge in [-0.2, -0.15) is 0 Å². The van der Waals surface area contributed by atoms with E-state index in [1.807, 2.05) is 13.8 Å². The minimum absolute atomic E-state index is 0.0297. The summed E-state index contributed by atoms with van der Waals surface area (Å²) in [6.45, 7) is 4.56. The monoisotopic (exact) mass is 310 g/mol. The normalized spacial score (nSPS) is 27.0. The molecule has 2 amide bonds. The highest BCUT2D eigenvalue weighted by molar-refractivity contribution is 5.89. The molecule has 22 heavy (non-hydrogen) atoms. The molecule has 1 heterocycles. The number of amides is 2. The van der Waals surface area contributed by atoms with Crippen molar-refractivity contribution in [3.8, 4) is 0 Å². The predicted molar refractivity (Wildman–Crippen MR) is 81.1 cm³/mol. The van der Waals surface area contributed by atoms with Crippen LogP contribution in [0.15, 0.2) is 0 Å². The lowest BCUT2D eigenvalue weighted by atomic mass is 9.86. The van der Waals surface area contributed by atoms with Gasteiger partial charge in [-0.25, -0.2) is 0 Å².